The summed E-state index contributed by atoms with van der Waals surface area (Å²) in [5.74, 6) is -0.844. The molecule has 11 heteroatoms. The number of likely N-dealkylation sites (tertiary alicyclic amines) is 1. The van der Waals surface area contributed by atoms with Crippen LogP contribution in [-0.2, 0) is 12.7 Å². The van der Waals surface area contributed by atoms with Crippen LogP contribution in [0, 0.1) is 5.82 Å². The van der Waals surface area contributed by atoms with Gasteiger partial charge in [0.25, 0.3) is 5.91 Å². The molecule has 39 heavy (non-hydrogen) atoms. The van der Waals surface area contributed by atoms with Crippen molar-refractivity contribution in [2.45, 2.75) is 24.7 Å². The fourth-order valence-electron chi connectivity index (χ4n) is 4.91. The van der Waals surface area contributed by atoms with Crippen molar-refractivity contribution < 1.29 is 31.8 Å². The first-order valence-electron chi connectivity index (χ1n) is 11.9. The van der Waals surface area contributed by atoms with Crippen molar-refractivity contribution in [2.75, 3.05) is 34.4 Å². The molecule has 0 N–H and O–H groups in total. The maximum absolute atomic E-state index is 14.2. The van der Waals surface area contributed by atoms with Crippen molar-refractivity contribution in [3.63, 3.8) is 0 Å². The number of likely N-dealkylation sites (N-methyl/N-ethyl adjacent to an activating group) is 1. The van der Waals surface area contributed by atoms with E-state index in [1.807, 2.05) is 11.0 Å². The molecule has 2 atom stereocenters. The molecule has 1 fully saturated rings. The molecule has 208 valence electrons. The zero-order valence-corrected chi connectivity index (χ0v) is 22.9. The van der Waals surface area contributed by atoms with Crippen molar-refractivity contribution in [3.05, 3.63) is 92.7 Å². The normalized spacial score (nSPS) is 17.5. The molecule has 3 aromatic carbocycles. The van der Waals surface area contributed by atoms with Gasteiger partial charge in [-0.1, -0.05) is 35.3 Å². The van der Waals surface area contributed by atoms with Gasteiger partial charge in [-0.05, 0) is 60.6 Å². The van der Waals surface area contributed by atoms with Crippen LogP contribution in [0.3, 0.4) is 0 Å². The number of carbonyl (C=O) groups excluding carboxylic acids is 1. The molecule has 4 rings (SSSR count). The third-order valence-corrected chi connectivity index (χ3v) is 7.65. The van der Waals surface area contributed by atoms with Crippen molar-refractivity contribution in [1.82, 2.24) is 9.80 Å². The number of hydrogen-bond donors (Lipinski definition) is 0. The molecule has 1 heterocycles. The van der Waals surface area contributed by atoms with Crippen LogP contribution < -0.4 is 9.47 Å². The Morgan fingerprint density at radius 3 is 2.31 bits per heavy atom. The quantitative estimate of drug-likeness (QED) is 0.283. The minimum absolute atomic E-state index is 0.163. The van der Waals surface area contributed by atoms with Crippen LogP contribution >= 0.6 is 23.2 Å². The number of alkyl halides is 3. The van der Waals surface area contributed by atoms with E-state index >= 15 is 0 Å². The van der Waals surface area contributed by atoms with Gasteiger partial charge >= 0.3 is 6.18 Å². The molecule has 1 amide bonds. The van der Waals surface area contributed by atoms with E-state index in [1.54, 1.807) is 42.3 Å². The second-order valence-electron chi connectivity index (χ2n) is 9.35. The van der Waals surface area contributed by atoms with Crippen molar-refractivity contribution in [1.29, 1.82) is 0 Å². The molecule has 0 spiro atoms. The number of amides is 1. The number of rotatable bonds is 7. The van der Waals surface area contributed by atoms with Gasteiger partial charge in [0.2, 0.25) is 0 Å². The van der Waals surface area contributed by atoms with Crippen LogP contribution in [0.2, 0.25) is 10.0 Å². The van der Waals surface area contributed by atoms with Crippen LogP contribution in [0.1, 0.15) is 33.0 Å². The highest BCUT2D eigenvalue weighted by molar-refractivity contribution is 6.42. The Morgan fingerprint density at radius 1 is 0.974 bits per heavy atom. The molecule has 0 radical (unpaired) electrons. The SMILES string of the molecule is COc1ccc(C(=O)N2CC(c3ccc(Cl)c(Cl)c3)C(N(C)Cc3ccc(C(F)(F)F)c(F)c3)C2)cc1OC. The predicted octanol–water partition coefficient (Wildman–Crippen LogP) is 6.91. The lowest BCUT2D eigenvalue weighted by Crippen LogP contribution is -2.38. The van der Waals surface area contributed by atoms with Gasteiger partial charge in [0.15, 0.2) is 11.5 Å². The molecular formula is C28H26Cl2F4N2O3. The summed E-state index contributed by atoms with van der Waals surface area (Å²) in [4.78, 5) is 17.1. The third-order valence-electron chi connectivity index (χ3n) is 6.92. The van der Waals surface area contributed by atoms with Crippen molar-refractivity contribution in [2.24, 2.45) is 0 Å². The Balaban J connectivity index is 1.62. The van der Waals surface area contributed by atoms with Gasteiger partial charge in [0.05, 0.1) is 29.8 Å². The number of hydrogen-bond acceptors (Lipinski definition) is 4. The van der Waals surface area contributed by atoms with E-state index in [1.165, 1.54) is 20.3 Å². The lowest BCUT2D eigenvalue weighted by atomic mass is 9.93. The highest BCUT2D eigenvalue weighted by atomic mass is 35.5. The fraction of sp³-hybridized carbons (Fsp3) is 0.321. The average Bonchev–Trinajstić information content (AvgIpc) is 3.34. The number of nitrogens with zero attached hydrogens (tertiary/aromatic N) is 2. The average molecular weight is 585 g/mol. The molecule has 0 aliphatic carbocycles. The molecular weight excluding hydrogens is 559 g/mol. The highest BCUT2D eigenvalue weighted by Crippen LogP contribution is 2.37. The molecule has 1 saturated heterocycles. The van der Waals surface area contributed by atoms with E-state index in [0.717, 1.165) is 17.7 Å². The summed E-state index contributed by atoms with van der Waals surface area (Å²) in [6.45, 7) is 0.829. The Bertz CT molecular complexity index is 1370. The lowest BCUT2D eigenvalue weighted by Gasteiger charge is -2.29. The van der Waals surface area contributed by atoms with Crippen LogP contribution in [0.4, 0.5) is 17.6 Å². The van der Waals surface area contributed by atoms with E-state index < -0.39 is 17.6 Å². The fourth-order valence-corrected chi connectivity index (χ4v) is 5.22. The summed E-state index contributed by atoms with van der Waals surface area (Å²) in [5, 5.41) is 0.756. The van der Waals surface area contributed by atoms with Gasteiger partial charge in [-0.3, -0.25) is 9.69 Å². The number of ether oxygens (including phenoxy) is 2. The maximum atomic E-state index is 14.2. The van der Waals surface area contributed by atoms with E-state index in [2.05, 4.69) is 0 Å². The van der Waals surface area contributed by atoms with Crippen LogP contribution in [-0.4, -0.2) is 56.1 Å². The monoisotopic (exact) mass is 584 g/mol. The zero-order chi connectivity index (χ0) is 28.5. The summed E-state index contributed by atoms with van der Waals surface area (Å²) in [6, 6.07) is 12.8. The maximum Gasteiger partial charge on any atom is 0.419 e. The van der Waals surface area contributed by atoms with E-state index in [9.17, 15) is 22.4 Å². The van der Waals surface area contributed by atoms with E-state index in [0.29, 0.717) is 45.8 Å². The van der Waals surface area contributed by atoms with Crippen LogP contribution in [0.25, 0.3) is 0 Å². The molecule has 0 bridgehead atoms. The van der Waals surface area contributed by atoms with Crippen LogP contribution in [0.15, 0.2) is 54.6 Å². The summed E-state index contributed by atoms with van der Waals surface area (Å²) in [5.41, 5.74) is 0.326. The van der Waals surface area contributed by atoms with Gasteiger partial charge in [0.1, 0.15) is 5.82 Å². The Kier molecular flexibility index (Phi) is 8.63. The first kappa shape index (κ1) is 29.0. The van der Waals surface area contributed by atoms with Gasteiger partial charge in [-0.25, -0.2) is 4.39 Å². The second kappa shape index (κ2) is 11.6. The summed E-state index contributed by atoms with van der Waals surface area (Å²) in [7, 11) is 4.77. The molecule has 3 aromatic rings. The topological polar surface area (TPSA) is 42.0 Å². The molecule has 1 aliphatic rings. The van der Waals surface area contributed by atoms with Crippen molar-refractivity contribution in [3.8, 4) is 11.5 Å². The van der Waals surface area contributed by atoms with E-state index in [4.69, 9.17) is 32.7 Å². The van der Waals surface area contributed by atoms with Crippen LogP contribution in [0.5, 0.6) is 11.5 Å². The van der Waals surface area contributed by atoms with Gasteiger partial charge < -0.3 is 14.4 Å². The highest BCUT2D eigenvalue weighted by Gasteiger charge is 2.39. The number of carbonyl (C=O) groups is 1. The molecule has 5 nitrogen and oxygen atoms in total. The Hall–Kier alpha value is -3.01. The van der Waals surface area contributed by atoms with Crippen molar-refractivity contribution >= 4 is 29.1 Å². The first-order chi connectivity index (χ1) is 18.4. The predicted molar refractivity (Wildman–Crippen MR) is 141 cm³/mol. The van der Waals surface area contributed by atoms with Gasteiger partial charge in [-0.15, -0.1) is 0 Å². The minimum Gasteiger partial charge on any atom is -0.493 e. The Labute approximate surface area is 233 Å². The second-order valence-corrected chi connectivity index (χ2v) is 10.2. The lowest BCUT2D eigenvalue weighted by molar-refractivity contribution is -0.140. The third kappa shape index (κ3) is 6.26. The molecule has 0 saturated carbocycles. The Morgan fingerprint density at radius 2 is 1.69 bits per heavy atom. The number of methoxy groups -OCH3 is 2. The van der Waals surface area contributed by atoms with E-state index in [-0.39, 0.29) is 24.4 Å². The number of halogens is 6. The summed E-state index contributed by atoms with van der Waals surface area (Å²) < 4.78 is 63.9. The first-order valence-corrected chi connectivity index (χ1v) is 12.7. The van der Waals surface area contributed by atoms with Gasteiger partial charge in [0, 0.05) is 37.2 Å². The van der Waals surface area contributed by atoms with Gasteiger partial charge in [-0.2, -0.15) is 13.2 Å². The molecule has 2 unspecified atom stereocenters. The summed E-state index contributed by atoms with van der Waals surface area (Å²) >= 11 is 12.4. The minimum atomic E-state index is -4.77. The number of benzene rings is 3. The summed E-state index contributed by atoms with van der Waals surface area (Å²) in [6.07, 6.45) is -4.77. The largest absolute Gasteiger partial charge is 0.493 e. The standard InChI is InChI=1S/C28H26Cl2F4N2O3/c1-35(13-16-4-7-20(23(31)10-16)28(32,33)34)24-15-36(14-19(24)17-5-8-21(29)22(30)11-17)27(37)18-6-9-25(38-2)26(12-18)39-3/h4-12,19,24H,13-15H2,1-3H3. The zero-order valence-electron chi connectivity index (χ0n) is 21.4. The smallest absolute Gasteiger partial charge is 0.419 e. The molecule has 0 aromatic heterocycles. The molecule has 1 aliphatic heterocycles.